The second kappa shape index (κ2) is 8.28. The molecule has 1 saturated heterocycles. The molecule has 0 aromatic carbocycles. The molecule has 0 aromatic rings. The van der Waals surface area contributed by atoms with Crippen LogP contribution in [0.25, 0.3) is 0 Å². The van der Waals surface area contributed by atoms with Crippen LogP contribution < -0.4 is 5.32 Å². The van der Waals surface area contributed by atoms with Gasteiger partial charge < -0.3 is 25.0 Å². The van der Waals surface area contributed by atoms with Crippen molar-refractivity contribution in [1.29, 1.82) is 0 Å². The zero-order valence-corrected chi connectivity index (χ0v) is 15.4. The average Bonchev–Trinajstić information content (AvgIpc) is 2.59. The minimum absolute atomic E-state index is 0.209. The van der Waals surface area contributed by atoms with E-state index >= 15 is 0 Å². The molecule has 26 heavy (non-hydrogen) atoms. The molecule has 2 bridgehead atoms. The first-order valence-corrected chi connectivity index (χ1v) is 8.92. The maximum absolute atomic E-state index is 12.7. The fourth-order valence-electron chi connectivity index (χ4n) is 3.14. The molecular formula is C18H27NO7. The lowest BCUT2D eigenvalue weighted by Crippen LogP contribution is -2.52. The van der Waals surface area contributed by atoms with Crippen LogP contribution in [0.1, 0.15) is 33.6 Å². The summed E-state index contributed by atoms with van der Waals surface area (Å²) in [6.45, 7) is 4.96. The maximum atomic E-state index is 12.7. The van der Waals surface area contributed by atoms with Gasteiger partial charge in [0.1, 0.15) is 6.61 Å². The highest BCUT2D eigenvalue weighted by molar-refractivity contribution is 6.00. The van der Waals surface area contributed by atoms with E-state index in [1.165, 1.54) is 13.8 Å². The van der Waals surface area contributed by atoms with E-state index in [0.717, 1.165) is 0 Å². The highest BCUT2D eigenvalue weighted by atomic mass is 16.6. The molecule has 146 valence electrons. The molecule has 0 unspecified atom stereocenters. The summed E-state index contributed by atoms with van der Waals surface area (Å²) in [5, 5.41) is 24.2. The van der Waals surface area contributed by atoms with E-state index in [9.17, 15) is 24.6 Å². The summed E-state index contributed by atoms with van der Waals surface area (Å²) in [4.78, 5) is 37.6. The van der Waals surface area contributed by atoms with E-state index in [1.54, 1.807) is 13.0 Å². The summed E-state index contributed by atoms with van der Waals surface area (Å²) in [7, 11) is 0. The monoisotopic (exact) mass is 369 g/mol. The van der Waals surface area contributed by atoms with Crippen molar-refractivity contribution in [2.45, 2.75) is 51.4 Å². The van der Waals surface area contributed by atoms with Crippen molar-refractivity contribution in [3.8, 4) is 0 Å². The van der Waals surface area contributed by atoms with E-state index in [1.807, 2.05) is 0 Å². The standard InChI is InChI=1S/C18H27NO7/c1-4-12-14(20)10(2)18(3,24)17(23)25-9-11-5-7-19-8-6-13(15(11)21)26-16(12)22/h5,10,12-14,19-20,24H,4,6-9H2,1-3H3/b11-5-/t10-,12+,13-,14-,18-/m0/s1. The number of ether oxygens (including phenoxy) is 2. The number of rotatable bonds is 1. The van der Waals surface area contributed by atoms with Crippen molar-refractivity contribution >= 4 is 17.7 Å². The van der Waals surface area contributed by atoms with Gasteiger partial charge in [-0.3, -0.25) is 9.59 Å². The third-order valence-corrected chi connectivity index (χ3v) is 5.27. The number of esters is 2. The number of carbonyl (C=O) groups is 3. The quantitative estimate of drug-likeness (QED) is 0.540. The first-order chi connectivity index (χ1) is 12.2. The molecule has 0 spiro atoms. The van der Waals surface area contributed by atoms with Gasteiger partial charge in [-0.2, -0.15) is 0 Å². The van der Waals surface area contributed by atoms with Crippen LogP contribution in [0.4, 0.5) is 0 Å². The van der Waals surface area contributed by atoms with Crippen LogP contribution in [-0.2, 0) is 23.9 Å². The number of aliphatic hydroxyl groups is 2. The lowest BCUT2D eigenvalue weighted by atomic mass is 9.79. The van der Waals surface area contributed by atoms with Crippen molar-refractivity contribution in [3.05, 3.63) is 11.6 Å². The van der Waals surface area contributed by atoms with Gasteiger partial charge in [0.05, 0.1) is 12.0 Å². The number of carbonyl (C=O) groups excluding carboxylic acids is 3. The minimum atomic E-state index is -2.02. The topological polar surface area (TPSA) is 122 Å². The minimum Gasteiger partial charge on any atom is -0.459 e. The van der Waals surface area contributed by atoms with E-state index in [2.05, 4.69) is 5.32 Å². The third kappa shape index (κ3) is 4.13. The van der Waals surface area contributed by atoms with Crippen molar-refractivity contribution < 1.29 is 34.1 Å². The molecule has 0 aliphatic carbocycles. The molecule has 2 heterocycles. The number of ketones is 1. The second-order valence-corrected chi connectivity index (χ2v) is 7.03. The van der Waals surface area contributed by atoms with Crippen LogP contribution in [0.3, 0.4) is 0 Å². The van der Waals surface area contributed by atoms with Gasteiger partial charge in [0.2, 0.25) is 5.78 Å². The number of Topliss-reactive ketones (excluding diaryl/α,β-unsaturated/α-hetero) is 1. The van der Waals surface area contributed by atoms with E-state index < -0.39 is 47.4 Å². The number of nitrogens with one attached hydrogen (secondary N) is 1. The number of fused-ring (bicyclic) bond motifs is 2. The molecule has 0 radical (unpaired) electrons. The molecule has 1 fully saturated rings. The van der Waals surface area contributed by atoms with Gasteiger partial charge in [-0.25, -0.2) is 4.79 Å². The summed E-state index contributed by atoms with van der Waals surface area (Å²) < 4.78 is 10.5. The molecule has 2 rings (SSSR count). The van der Waals surface area contributed by atoms with Gasteiger partial charge in [-0.15, -0.1) is 0 Å². The van der Waals surface area contributed by atoms with Gasteiger partial charge >= 0.3 is 11.9 Å². The van der Waals surface area contributed by atoms with E-state index in [0.29, 0.717) is 13.1 Å². The van der Waals surface area contributed by atoms with Crippen LogP contribution in [0.2, 0.25) is 0 Å². The molecule has 2 aliphatic rings. The molecule has 0 amide bonds. The molecule has 8 heteroatoms. The number of cyclic esters (lactones) is 1. The van der Waals surface area contributed by atoms with Gasteiger partial charge in [0, 0.05) is 24.5 Å². The van der Waals surface area contributed by atoms with Gasteiger partial charge in [-0.1, -0.05) is 19.9 Å². The number of hydrogen-bond donors (Lipinski definition) is 3. The molecule has 8 nitrogen and oxygen atoms in total. The molecule has 5 atom stereocenters. The summed E-state index contributed by atoms with van der Waals surface area (Å²) in [5.41, 5.74) is -1.81. The second-order valence-electron chi connectivity index (χ2n) is 7.03. The van der Waals surface area contributed by atoms with E-state index in [-0.39, 0.29) is 25.0 Å². The Hall–Kier alpha value is -1.77. The largest absolute Gasteiger partial charge is 0.459 e. The van der Waals surface area contributed by atoms with E-state index in [4.69, 9.17) is 9.47 Å². The van der Waals surface area contributed by atoms with Crippen LogP contribution in [0.15, 0.2) is 11.6 Å². The normalized spacial score (nSPS) is 39.3. The Labute approximate surface area is 152 Å². The predicted octanol–water partition coefficient (Wildman–Crippen LogP) is -0.282. The third-order valence-electron chi connectivity index (χ3n) is 5.27. The molecule has 0 saturated carbocycles. The van der Waals surface area contributed by atoms with Crippen molar-refractivity contribution in [3.63, 3.8) is 0 Å². The Bertz CT molecular complexity index is 598. The lowest BCUT2D eigenvalue weighted by molar-refractivity contribution is -0.181. The Balaban J connectivity index is 2.42. The Kier molecular flexibility index (Phi) is 6.54. The van der Waals surface area contributed by atoms with Crippen molar-refractivity contribution in [1.82, 2.24) is 5.32 Å². The van der Waals surface area contributed by atoms with Crippen LogP contribution >= 0.6 is 0 Å². The Morgan fingerprint density at radius 3 is 2.69 bits per heavy atom. The number of hydrogen-bond acceptors (Lipinski definition) is 8. The molecule has 3 N–H and O–H groups in total. The van der Waals surface area contributed by atoms with Crippen LogP contribution in [-0.4, -0.2) is 65.4 Å². The van der Waals surface area contributed by atoms with Gasteiger partial charge in [0.15, 0.2) is 11.7 Å². The highest BCUT2D eigenvalue weighted by Crippen LogP contribution is 2.29. The first kappa shape index (κ1) is 20.5. The SMILES string of the molecule is CC[C@H]1C(=O)O[C@H]2CCNC/C=C(/COC(=O)[C@@](C)(O)[C@@H](C)[C@@H]1O)C2=O. The van der Waals surface area contributed by atoms with Crippen LogP contribution in [0.5, 0.6) is 0 Å². The van der Waals surface area contributed by atoms with Crippen molar-refractivity contribution in [2.75, 3.05) is 19.7 Å². The first-order valence-electron chi connectivity index (χ1n) is 8.92. The fraction of sp³-hybridized carbons (Fsp3) is 0.722. The zero-order valence-electron chi connectivity index (χ0n) is 15.4. The Morgan fingerprint density at radius 1 is 1.35 bits per heavy atom. The zero-order chi connectivity index (χ0) is 19.5. The summed E-state index contributed by atoms with van der Waals surface area (Å²) in [6.07, 6.45) is -0.221. The maximum Gasteiger partial charge on any atom is 0.338 e. The Morgan fingerprint density at radius 2 is 2.04 bits per heavy atom. The molecule has 0 aromatic heterocycles. The van der Waals surface area contributed by atoms with Gasteiger partial charge in [-0.05, 0) is 19.9 Å². The summed E-state index contributed by atoms with van der Waals surface area (Å²) in [5.74, 6) is -4.03. The number of aliphatic hydroxyl groups excluding tert-OH is 1. The average molecular weight is 369 g/mol. The van der Waals surface area contributed by atoms with Crippen LogP contribution in [0, 0.1) is 11.8 Å². The van der Waals surface area contributed by atoms with Crippen molar-refractivity contribution in [2.24, 2.45) is 11.8 Å². The summed E-state index contributed by atoms with van der Waals surface area (Å²) in [6, 6.07) is 0. The van der Waals surface area contributed by atoms with Gasteiger partial charge in [0.25, 0.3) is 0 Å². The predicted molar refractivity (Wildman–Crippen MR) is 91.0 cm³/mol. The smallest absolute Gasteiger partial charge is 0.338 e. The lowest BCUT2D eigenvalue weighted by Gasteiger charge is -2.35. The summed E-state index contributed by atoms with van der Waals surface area (Å²) >= 11 is 0. The molecule has 2 aliphatic heterocycles. The highest BCUT2D eigenvalue weighted by Gasteiger charge is 2.46. The fourth-order valence-corrected chi connectivity index (χ4v) is 3.14. The molecular weight excluding hydrogens is 342 g/mol.